The van der Waals surface area contributed by atoms with Crippen LogP contribution in [0.1, 0.15) is 16.7 Å². The second kappa shape index (κ2) is 13.2. The molecule has 0 fully saturated rings. The van der Waals surface area contributed by atoms with Gasteiger partial charge in [-0.3, -0.25) is 13.9 Å². The van der Waals surface area contributed by atoms with Crippen LogP contribution >= 0.6 is 0 Å². The highest BCUT2D eigenvalue weighted by Crippen LogP contribution is 2.25. The molecular formula is C32H32FN3O4S. The fraction of sp³-hybridized carbons (Fsp3) is 0.188. The number of aryl methyl sites for hydroxylation is 1. The van der Waals surface area contributed by atoms with Crippen molar-refractivity contribution in [2.24, 2.45) is 0 Å². The van der Waals surface area contributed by atoms with E-state index in [4.69, 9.17) is 0 Å². The number of sulfonamides is 1. The summed E-state index contributed by atoms with van der Waals surface area (Å²) < 4.78 is 42.4. The molecule has 4 aromatic rings. The van der Waals surface area contributed by atoms with Crippen molar-refractivity contribution in [1.82, 2.24) is 10.2 Å². The number of hydrogen-bond acceptors (Lipinski definition) is 4. The van der Waals surface area contributed by atoms with Gasteiger partial charge in [-0.1, -0.05) is 78.4 Å². The van der Waals surface area contributed by atoms with Crippen molar-refractivity contribution in [1.29, 1.82) is 0 Å². The minimum absolute atomic E-state index is 0.0306. The van der Waals surface area contributed by atoms with E-state index >= 15 is 0 Å². The molecule has 1 N–H and O–H groups in total. The molecule has 0 aliphatic rings. The lowest BCUT2D eigenvalue weighted by molar-refractivity contribution is -0.139. The van der Waals surface area contributed by atoms with Gasteiger partial charge in [-0.25, -0.2) is 12.8 Å². The molecule has 1 unspecified atom stereocenters. The molecule has 2 amide bonds. The summed E-state index contributed by atoms with van der Waals surface area (Å²) in [6, 6.07) is 28.6. The number of benzene rings is 4. The predicted octanol–water partition coefficient (Wildman–Crippen LogP) is 4.72. The first-order valence-corrected chi connectivity index (χ1v) is 14.6. The summed E-state index contributed by atoms with van der Waals surface area (Å²) in [5.74, 6) is -1.42. The summed E-state index contributed by atoms with van der Waals surface area (Å²) in [5.41, 5.74) is 2.66. The van der Waals surface area contributed by atoms with E-state index in [1.165, 1.54) is 48.3 Å². The number of likely N-dealkylation sites (N-methyl/N-ethyl adjacent to an activating group) is 1. The van der Waals surface area contributed by atoms with Crippen molar-refractivity contribution >= 4 is 27.5 Å². The molecule has 41 heavy (non-hydrogen) atoms. The Labute approximate surface area is 240 Å². The zero-order valence-corrected chi connectivity index (χ0v) is 23.7. The molecule has 0 heterocycles. The summed E-state index contributed by atoms with van der Waals surface area (Å²) in [5, 5.41) is 2.64. The van der Waals surface area contributed by atoms with E-state index in [9.17, 15) is 22.4 Å². The van der Waals surface area contributed by atoms with Gasteiger partial charge in [0, 0.05) is 20.0 Å². The van der Waals surface area contributed by atoms with Crippen LogP contribution in [0.4, 0.5) is 10.1 Å². The highest BCUT2D eigenvalue weighted by Gasteiger charge is 2.34. The molecule has 0 saturated heterocycles. The van der Waals surface area contributed by atoms with Gasteiger partial charge in [0.25, 0.3) is 10.0 Å². The van der Waals surface area contributed by atoms with Gasteiger partial charge in [0.1, 0.15) is 18.4 Å². The fourth-order valence-corrected chi connectivity index (χ4v) is 5.90. The SMILES string of the molecule is CNC(=O)C(Cc1ccccc1)N(Cc1ccc(F)cc1)C(=O)CN(c1ccc(C)cc1)S(=O)(=O)c1ccccc1. The molecule has 212 valence electrons. The lowest BCUT2D eigenvalue weighted by Crippen LogP contribution is -2.53. The van der Waals surface area contributed by atoms with Crippen LogP contribution in [0.2, 0.25) is 0 Å². The minimum atomic E-state index is -4.15. The van der Waals surface area contributed by atoms with Crippen LogP contribution in [0.3, 0.4) is 0 Å². The molecule has 0 bridgehead atoms. The monoisotopic (exact) mass is 573 g/mol. The number of hydrogen-bond donors (Lipinski definition) is 1. The Balaban J connectivity index is 1.77. The quantitative estimate of drug-likeness (QED) is 0.282. The first-order chi connectivity index (χ1) is 19.7. The predicted molar refractivity (Wildman–Crippen MR) is 157 cm³/mol. The van der Waals surface area contributed by atoms with Gasteiger partial charge in [0.2, 0.25) is 11.8 Å². The van der Waals surface area contributed by atoms with Gasteiger partial charge >= 0.3 is 0 Å². The fourth-order valence-electron chi connectivity index (χ4n) is 4.47. The van der Waals surface area contributed by atoms with E-state index in [0.717, 1.165) is 15.4 Å². The second-order valence-corrected chi connectivity index (χ2v) is 11.5. The maximum Gasteiger partial charge on any atom is 0.264 e. The van der Waals surface area contributed by atoms with Gasteiger partial charge < -0.3 is 10.2 Å². The molecule has 1 atom stereocenters. The molecule has 4 aromatic carbocycles. The number of rotatable bonds is 11. The van der Waals surface area contributed by atoms with Crippen LogP contribution in [-0.2, 0) is 32.6 Å². The molecule has 9 heteroatoms. The summed E-state index contributed by atoms with van der Waals surface area (Å²) in [6.07, 6.45) is 0.198. The number of carbonyl (C=O) groups is 2. The Morgan fingerprint density at radius 2 is 1.39 bits per heavy atom. The van der Waals surface area contributed by atoms with Gasteiger partial charge in [-0.2, -0.15) is 0 Å². The van der Waals surface area contributed by atoms with Crippen LogP contribution in [0, 0.1) is 12.7 Å². The van der Waals surface area contributed by atoms with Crippen molar-refractivity contribution in [2.75, 3.05) is 17.9 Å². The lowest BCUT2D eigenvalue weighted by Gasteiger charge is -2.33. The summed E-state index contributed by atoms with van der Waals surface area (Å²) in [6.45, 7) is 1.30. The van der Waals surface area contributed by atoms with Crippen molar-refractivity contribution in [3.63, 3.8) is 0 Å². The van der Waals surface area contributed by atoms with E-state index in [-0.39, 0.29) is 17.9 Å². The van der Waals surface area contributed by atoms with E-state index in [2.05, 4.69) is 5.32 Å². The Hall–Kier alpha value is -4.50. The molecular weight excluding hydrogens is 541 g/mol. The number of halogens is 1. The number of anilines is 1. The number of nitrogens with one attached hydrogen (secondary N) is 1. The number of carbonyl (C=O) groups excluding carboxylic acids is 2. The van der Waals surface area contributed by atoms with Crippen molar-refractivity contribution in [3.05, 3.63) is 132 Å². The van der Waals surface area contributed by atoms with Crippen LogP contribution < -0.4 is 9.62 Å². The van der Waals surface area contributed by atoms with Crippen molar-refractivity contribution < 1.29 is 22.4 Å². The van der Waals surface area contributed by atoms with Gasteiger partial charge in [0.15, 0.2) is 0 Å². The standard InChI is InChI=1S/C32H32FN3O4S/c1-24-13-19-28(20-14-24)36(41(39,40)29-11-7-4-8-12-29)23-31(37)35(22-26-15-17-27(33)18-16-26)30(32(38)34-2)21-25-9-5-3-6-10-25/h3-20,30H,21-23H2,1-2H3,(H,34,38). The third-order valence-electron chi connectivity index (χ3n) is 6.72. The molecule has 0 radical (unpaired) electrons. The average Bonchev–Trinajstić information content (AvgIpc) is 2.99. The van der Waals surface area contributed by atoms with E-state index < -0.39 is 40.2 Å². The maximum atomic E-state index is 14.2. The number of amides is 2. The number of nitrogens with zero attached hydrogens (tertiary/aromatic N) is 2. The Bertz CT molecular complexity index is 1560. The molecule has 0 aromatic heterocycles. The highest BCUT2D eigenvalue weighted by molar-refractivity contribution is 7.92. The third kappa shape index (κ3) is 7.37. The van der Waals surface area contributed by atoms with Gasteiger partial charge in [-0.05, 0) is 54.4 Å². The van der Waals surface area contributed by atoms with Crippen molar-refractivity contribution in [3.8, 4) is 0 Å². The average molecular weight is 574 g/mol. The second-order valence-electron chi connectivity index (χ2n) is 9.63. The zero-order chi connectivity index (χ0) is 29.4. The normalized spacial score (nSPS) is 11.9. The lowest BCUT2D eigenvalue weighted by atomic mass is 10.0. The molecule has 4 rings (SSSR count). The van der Waals surface area contributed by atoms with Gasteiger partial charge in [-0.15, -0.1) is 0 Å². The summed E-state index contributed by atoms with van der Waals surface area (Å²) in [4.78, 5) is 28.8. The first kappa shape index (κ1) is 29.5. The van der Waals surface area contributed by atoms with Crippen LogP contribution in [-0.4, -0.2) is 44.8 Å². The van der Waals surface area contributed by atoms with Crippen molar-refractivity contribution in [2.45, 2.75) is 30.8 Å². The Morgan fingerprint density at radius 1 is 0.805 bits per heavy atom. The zero-order valence-electron chi connectivity index (χ0n) is 22.9. The highest BCUT2D eigenvalue weighted by atomic mass is 32.2. The molecule has 0 spiro atoms. The topological polar surface area (TPSA) is 86.8 Å². The summed E-state index contributed by atoms with van der Waals surface area (Å²) >= 11 is 0. The first-order valence-electron chi connectivity index (χ1n) is 13.1. The Morgan fingerprint density at radius 3 is 1.98 bits per heavy atom. The molecule has 7 nitrogen and oxygen atoms in total. The summed E-state index contributed by atoms with van der Waals surface area (Å²) in [7, 11) is -2.66. The van der Waals surface area contributed by atoms with E-state index in [1.54, 1.807) is 42.5 Å². The van der Waals surface area contributed by atoms with Crippen LogP contribution in [0.15, 0.2) is 114 Å². The molecule has 0 aliphatic heterocycles. The Kier molecular flexibility index (Phi) is 9.52. The largest absolute Gasteiger partial charge is 0.357 e. The van der Waals surface area contributed by atoms with Crippen LogP contribution in [0.25, 0.3) is 0 Å². The van der Waals surface area contributed by atoms with E-state index in [1.807, 2.05) is 37.3 Å². The van der Waals surface area contributed by atoms with E-state index in [0.29, 0.717) is 11.3 Å². The minimum Gasteiger partial charge on any atom is -0.357 e. The molecule has 0 aliphatic carbocycles. The molecule has 0 saturated carbocycles. The van der Waals surface area contributed by atoms with Gasteiger partial charge in [0.05, 0.1) is 10.6 Å². The van der Waals surface area contributed by atoms with Crippen LogP contribution in [0.5, 0.6) is 0 Å². The third-order valence-corrected chi connectivity index (χ3v) is 8.50. The smallest absolute Gasteiger partial charge is 0.264 e. The maximum absolute atomic E-state index is 14.2.